The first-order valence-electron chi connectivity index (χ1n) is 4.50. The number of fused-ring (bicyclic) bond motifs is 1. The normalized spacial score (nSPS) is 19.9. The molecule has 0 saturated heterocycles. The molecule has 0 radical (unpaired) electrons. The summed E-state index contributed by atoms with van der Waals surface area (Å²) < 4.78 is 7.89. The minimum absolute atomic E-state index is 0.157. The van der Waals surface area contributed by atoms with E-state index in [1.165, 1.54) is 0 Å². The predicted octanol–water partition coefficient (Wildman–Crippen LogP) is 1.06. The third-order valence-corrected chi connectivity index (χ3v) is 2.72. The van der Waals surface area contributed by atoms with Gasteiger partial charge in [-0.1, -0.05) is 0 Å². The Morgan fingerprint density at radius 2 is 2.60 bits per heavy atom. The molecule has 1 atom stereocenters. The lowest BCUT2D eigenvalue weighted by Crippen LogP contribution is -2.37. The van der Waals surface area contributed by atoms with Crippen LogP contribution < -0.4 is 10.1 Å². The molecule has 2 heterocycles. The van der Waals surface area contributed by atoms with Gasteiger partial charge in [0.1, 0.15) is 0 Å². The third kappa shape index (κ3) is 2.23. The number of carboxylic acid groups (broad SMARTS) is 1. The number of hydrogen-bond donors (Lipinski definition) is 2. The number of rotatable bonds is 1. The lowest BCUT2D eigenvalue weighted by atomic mass is 10.2. The van der Waals surface area contributed by atoms with E-state index in [0.717, 1.165) is 4.47 Å². The van der Waals surface area contributed by atoms with Crippen LogP contribution in [0.3, 0.4) is 0 Å². The van der Waals surface area contributed by atoms with E-state index in [0.29, 0.717) is 25.5 Å². The van der Waals surface area contributed by atoms with Gasteiger partial charge < -0.3 is 15.2 Å². The Kier molecular flexibility index (Phi) is 2.81. The molecule has 1 aromatic rings. The number of ether oxygens (including phenoxy) is 1. The fraction of sp³-hybridized carbons (Fsp3) is 0.500. The molecular formula is C8H10BrN3O3. The van der Waals surface area contributed by atoms with Crippen molar-refractivity contribution in [3.63, 3.8) is 0 Å². The maximum Gasteiger partial charge on any atom is 0.404 e. The highest BCUT2D eigenvalue weighted by molar-refractivity contribution is 9.10. The molecule has 1 aliphatic heterocycles. The summed E-state index contributed by atoms with van der Waals surface area (Å²) in [7, 11) is 0. The zero-order chi connectivity index (χ0) is 10.8. The second-order valence-corrected chi connectivity index (χ2v) is 4.12. The van der Waals surface area contributed by atoms with E-state index in [4.69, 9.17) is 9.84 Å². The van der Waals surface area contributed by atoms with Crippen molar-refractivity contribution in [2.24, 2.45) is 0 Å². The number of hydrogen-bond acceptors (Lipinski definition) is 3. The maximum atomic E-state index is 10.5. The number of halogens is 1. The van der Waals surface area contributed by atoms with Crippen LogP contribution in [0.5, 0.6) is 5.88 Å². The second-order valence-electron chi connectivity index (χ2n) is 3.26. The summed E-state index contributed by atoms with van der Waals surface area (Å²) in [5.74, 6) is 0.657. The van der Waals surface area contributed by atoms with Gasteiger partial charge in [-0.05, 0) is 15.9 Å². The summed E-state index contributed by atoms with van der Waals surface area (Å²) in [6.45, 7) is 0.975. The molecule has 1 aromatic heterocycles. The van der Waals surface area contributed by atoms with Crippen molar-refractivity contribution < 1.29 is 14.6 Å². The Morgan fingerprint density at radius 1 is 1.80 bits per heavy atom. The van der Waals surface area contributed by atoms with Gasteiger partial charge in [0.05, 0.1) is 29.9 Å². The highest BCUT2D eigenvalue weighted by Crippen LogP contribution is 2.26. The number of amides is 1. The third-order valence-electron chi connectivity index (χ3n) is 2.18. The minimum atomic E-state index is -1.02. The van der Waals surface area contributed by atoms with Gasteiger partial charge in [0, 0.05) is 6.42 Å². The predicted molar refractivity (Wildman–Crippen MR) is 55.0 cm³/mol. The van der Waals surface area contributed by atoms with Gasteiger partial charge in [0.15, 0.2) is 0 Å². The van der Waals surface area contributed by atoms with Crippen molar-refractivity contribution in [3.8, 4) is 5.88 Å². The Bertz CT molecular complexity index is 379. The number of nitrogens with one attached hydrogen (secondary N) is 1. The summed E-state index contributed by atoms with van der Waals surface area (Å²) in [6.07, 6.45) is 1.26. The molecule has 15 heavy (non-hydrogen) atoms. The van der Waals surface area contributed by atoms with Gasteiger partial charge in [-0.15, -0.1) is 0 Å². The van der Waals surface area contributed by atoms with E-state index in [-0.39, 0.29) is 6.04 Å². The fourth-order valence-corrected chi connectivity index (χ4v) is 1.93. The molecule has 0 bridgehead atoms. The number of carbonyl (C=O) groups is 1. The van der Waals surface area contributed by atoms with E-state index in [2.05, 4.69) is 26.3 Å². The summed E-state index contributed by atoms with van der Waals surface area (Å²) >= 11 is 3.31. The first-order chi connectivity index (χ1) is 7.16. The van der Waals surface area contributed by atoms with E-state index in [9.17, 15) is 4.79 Å². The topological polar surface area (TPSA) is 76.4 Å². The molecule has 82 valence electrons. The molecule has 2 N–H and O–H groups in total. The second kappa shape index (κ2) is 4.09. The van der Waals surface area contributed by atoms with Crippen molar-refractivity contribution in [2.45, 2.75) is 19.0 Å². The highest BCUT2D eigenvalue weighted by atomic mass is 79.9. The van der Waals surface area contributed by atoms with Gasteiger partial charge >= 0.3 is 6.09 Å². The molecule has 1 unspecified atom stereocenters. The van der Waals surface area contributed by atoms with Crippen LogP contribution in [-0.2, 0) is 6.54 Å². The Labute approximate surface area is 94.3 Å². The van der Waals surface area contributed by atoms with Gasteiger partial charge in [-0.2, -0.15) is 5.10 Å². The van der Waals surface area contributed by atoms with Crippen molar-refractivity contribution in [3.05, 3.63) is 10.7 Å². The smallest absolute Gasteiger partial charge is 0.404 e. The summed E-state index contributed by atoms with van der Waals surface area (Å²) in [5.41, 5.74) is 0. The monoisotopic (exact) mass is 275 g/mol. The van der Waals surface area contributed by atoms with Crippen molar-refractivity contribution in [1.82, 2.24) is 15.1 Å². The molecule has 7 heteroatoms. The van der Waals surface area contributed by atoms with E-state index in [1.54, 1.807) is 10.9 Å². The Hall–Kier alpha value is -1.24. The van der Waals surface area contributed by atoms with Crippen LogP contribution in [0.2, 0.25) is 0 Å². The highest BCUT2D eigenvalue weighted by Gasteiger charge is 2.21. The molecule has 1 aliphatic rings. The van der Waals surface area contributed by atoms with Crippen LogP contribution >= 0.6 is 15.9 Å². The molecule has 0 fully saturated rings. The van der Waals surface area contributed by atoms with Gasteiger partial charge in [-0.25, -0.2) is 9.48 Å². The molecule has 2 rings (SSSR count). The van der Waals surface area contributed by atoms with Crippen LogP contribution in [0, 0.1) is 0 Å². The largest absolute Gasteiger partial charge is 0.477 e. The van der Waals surface area contributed by atoms with E-state index < -0.39 is 6.09 Å². The average Bonchev–Trinajstić information content (AvgIpc) is 2.41. The number of nitrogens with zero attached hydrogens (tertiary/aromatic N) is 2. The molecule has 0 aromatic carbocycles. The van der Waals surface area contributed by atoms with E-state index >= 15 is 0 Å². The Morgan fingerprint density at radius 3 is 3.33 bits per heavy atom. The lowest BCUT2D eigenvalue weighted by Gasteiger charge is -2.12. The average molecular weight is 276 g/mol. The standard InChI is InChI=1S/C8H10BrN3O3/c9-6-3-10-12-4-5(11-8(13)14)1-2-15-7(6)12/h3,5,11H,1-2,4H2,(H,13,14). The SMILES string of the molecule is O=C(O)NC1CCOc2c(Br)cnn2C1. The quantitative estimate of drug-likeness (QED) is 0.804. The van der Waals surface area contributed by atoms with Crippen molar-refractivity contribution in [2.75, 3.05) is 6.61 Å². The Balaban J connectivity index is 2.14. The van der Waals surface area contributed by atoms with Gasteiger partial charge in [0.2, 0.25) is 5.88 Å². The van der Waals surface area contributed by atoms with Crippen LogP contribution in [0.15, 0.2) is 10.7 Å². The molecule has 0 saturated carbocycles. The zero-order valence-corrected chi connectivity index (χ0v) is 9.40. The summed E-state index contributed by atoms with van der Waals surface area (Å²) in [5, 5.41) is 15.1. The maximum absolute atomic E-state index is 10.5. The molecule has 0 spiro atoms. The molecular weight excluding hydrogens is 266 g/mol. The first kappa shape index (κ1) is 10.3. The van der Waals surface area contributed by atoms with Crippen molar-refractivity contribution in [1.29, 1.82) is 0 Å². The van der Waals surface area contributed by atoms with E-state index in [1.807, 2.05) is 0 Å². The minimum Gasteiger partial charge on any atom is -0.477 e. The summed E-state index contributed by atoms with van der Waals surface area (Å²) in [4.78, 5) is 10.5. The van der Waals surface area contributed by atoms with Crippen molar-refractivity contribution >= 4 is 22.0 Å². The lowest BCUT2D eigenvalue weighted by molar-refractivity contribution is 0.186. The van der Waals surface area contributed by atoms with Crippen LogP contribution in [0.25, 0.3) is 0 Å². The number of aromatic nitrogens is 2. The first-order valence-corrected chi connectivity index (χ1v) is 5.29. The fourth-order valence-electron chi connectivity index (χ4n) is 1.52. The van der Waals surface area contributed by atoms with Gasteiger partial charge in [0.25, 0.3) is 0 Å². The zero-order valence-electron chi connectivity index (χ0n) is 7.81. The van der Waals surface area contributed by atoms with Crippen LogP contribution in [0.1, 0.15) is 6.42 Å². The van der Waals surface area contributed by atoms with Crippen LogP contribution in [-0.4, -0.2) is 33.6 Å². The molecule has 1 amide bonds. The molecule has 0 aliphatic carbocycles. The van der Waals surface area contributed by atoms with Gasteiger partial charge in [-0.3, -0.25) is 0 Å². The molecule has 6 nitrogen and oxygen atoms in total. The summed E-state index contributed by atoms with van der Waals surface area (Å²) in [6, 6.07) is -0.157. The van der Waals surface area contributed by atoms with Crippen LogP contribution in [0.4, 0.5) is 4.79 Å².